The van der Waals surface area contributed by atoms with Gasteiger partial charge in [0.05, 0.1) is 0 Å². The molecule has 0 heterocycles. The van der Waals surface area contributed by atoms with Crippen LogP contribution in [-0.2, 0) is 0 Å². The highest BCUT2D eigenvalue weighted by Crippen LogP contribution is 2.06. The van der Waals surface area contributed by atoms with Crippen LogP contribution >= 0.6 is 0 Å². The fourth-order valence-corrected chi connectivity index (χ4v) is 0.631. The van der Waals surface area contributed by atoms with Crippen molar-refractivity contribution in [3.8, 4) is 0 Å². The molecule has 0 unspecified atom stereocenters. The molecule has 0 saturated carbocycles. The molecule has 0 aliphatic carbocycles. The van der Waals surface area contributed by atoms with E-state index in [1.165, 1.54) is 0 Å². The molecule has 1 N–H and O–H groups in total. The molecule has 0 aliphatic rings. The lowest BCUT2D eigenvalue weighted by Crippen LogP contribution is -1.76. The van der Waals surface area contributed by atoms with Crippen molar-refractivity contribution in [2.45, 2.75) is 13.8 Å². The van der Waals surface area contributed by atoms with Crippen LogP contribution in [0, 0.1) is 0 Å². The SMILES string of the molecule is C=C(O)c1ccccc1.CC. The fraction of sp³-hybridized carbons (Fsp3) is 0.200. The van der Waals surface area contributed by atoms with Gasteiger partial charge in [0.2, 0.25) is 0 Å². The molecule has 0 atom stereocenters. The van der Waals surface area contributed by atoms with Gasteiger partial charge in [0, 0.05) is 5.56 Å². The van der Waals surface area contributed by atoms with E-state index in [-0.39, 0.29) is 5.76 Å². The molecule has 0 radical (unpaired) electrons. The van der Waals surface area contributed by atoms with E-state index in [4.69, 9.17) is 5.11 Å². The molecule has 0 aromatic heterocycles. The number of hydrogen-bond acceptors (Lipinski definition) is 1. The van der Waals surface area contributed by atoms with E-state index in [0.717, 1.165) is 5.56 Å². The van der Waals surface area contributed by atoms with Crippen molar-refractivity contribution in [1.82, 2.24) is 0 Å². The smallest absolute Gasteiger partial charge is 0.115 e. The third-order valence-electron chi connectivity index (χ3n) is 1.11. The van der Waals surface area contributed by atoms with Gasteiger partial charge in [-0.2, -0.15) is 0 Å². The predicted octanol–water partition coefficient (Wildman–Crippen LogP) is 3.24. The predicted molar refractivity (Wildman–Crippen MR) is 49.5 cm³/mol. The molecular formula is C10H14O. The Bertz CT molecular complexity index is 201. The van der Waals surface area contributed by atoms with E-state index in [9.17, 15) is 0 Å². The van der Waals surface area contributed by atoms with Gasteiger partial charge in [-0.3, -0.25) is 0 Å². The quantitative estimate of drug-likeness (QED) is 0.609. The third-order valence-corrected chi connectivity index (χ3v) is 1.11. The van der Waals surface area contributed by atoms with E-state index in [1.807, 2.05) is 44.2 Å². The van der Waals surface area contributed by atoms with Crippen molar-refractivity contribution in [2.24, 2.45) is 0 Å². The first kappa shape index (κ1) is 9.76. The second-order valence-electron chi connectivity index (χ2n) is 1.81. The summed E-state index contributed by atoms with van der Waals surface area (Å²) in [4.78, 5) is 0. The van der Waals surface area contributed by atoms with Crippen molar-refractivity contribution in [1.29, 1.82) is 0 Å². The first-order valence-electron chi connectivity index (χ1n) is 3.74. The lowest BCUT2D eigenvalue weighted by molar-refractivity contribution is 0.514. The Morgan fingerprint density at radius 2 is 1.64 bits per heavy atom. The molecule has 0 amide bonds. The molecule has 11 heavy (non-hydrogen) atoms. The van der Waals surface area contributed by atoms with Gasteiger partial charge in [-0.15, -0.1) is 0 Å². The molecule has 1 rings (SSSR count). The van der Waals surface area contributed by atoms with E-state index in [1.54, 1.807) is 0 Å². The first-order chi connectivity index (χ1) is 5.30. The maximum absolute atomic E-state index is 8.83. The number of aliphatic hydroxyl groups is 1. The summed E-state index contributed by atoms with van der Waals surface area (Å²) < 4.78 is 0. The van der Waals surface area contributed by atoms with E-state index >= 15 is 0 Å². The standard InChI is InChI=1S/C8H8O.C2H6/c1-7(9)8-5-3-2-4-6-8;1-2/h2-6,9H,1H2;1-2H3. The summed E-state index contributed by atoms with van der Waals surface area (Å²) in [6.45, 7) is 7.38. The van der Waals surface area contributed by atoms with Gasteiger partial charge in [-0.1, -0.05) is 50.8 Å². The first-order valence-corrected chi connectivity index (χ1v) is 3.74. The van der Waals surface area contributed by atoms with Crippen LogP contribution in [-0.4, -0.2) is 5.11 Å². The third kappa shape index (κ3) is 3.46. The van der Waals surface area contributed by atoms with E-state index in [2.05, 4.69) is 6.58 Å². The van der Waals surface area contributed by atoms with Crippen LogP contribution in [0.2, 0.25) is 0 Å². The molecule has 0 spiro atoms. The van der Waals surface area contributed by atoms with Crippen molar-refractivity contribution in [2.75, 3.05) is 0 Å². The van der Waals surface area contributed by atoms with Gasteiger partial charge in [-0.05, 0) is 0 Å². The van der Waals surface area contributed by atoms with Crippen LogP contribution in [0.5, 0.6) is 0 Å². The minimum Gasteiger partial charge on any atom is -0.508 e. The summed E-state index contributed by atoms with van der Waals surface area (Å²) in [6.07, 6.45) is 0. The van der Waals surface area contributed by atoms with Gasteiger partial charge in [0.25, 0.3) is 0 Å². The van der Waals surface area contributed by atoms with Gasteiger partial charge in [0.15, 0.2) is 0 Å². The van der Waals surface area contributed by atoms with Crippen LogP contribution in [0.3, 0.4) is 0 Å². The summed E-state index contributed by atoms with van der Waals surface area (Å²) in [5.41, 5.74) is 0.775. The Morgan fingerprint density at radius 1 is 1.18 bits per heavy atom. The molecule has 1 aromatic carbocycles. The van der Waals surface area contributed by atoms with Crippen molar-refractivity contribution in [3.05, 3.63) is 42.5 Å². The Balaban J connectivity index is 0.000000461. The van der Waals surface area contributed by atoms with Crippen LogP contribution in [0.1, 0.15) is 19.4 Å². The largest absolute Gasteiger partial charge is 0.508 e. The number of aliphatic hydroxyl groups excluding tert-OH is 1. The van der Waals surface area contributed by atoms with Gasteiger partial charge in [0.1, 0.15) is 5.76 Å². The highest BCUT2D eigenvalue weighted by molar-refractivity contribution is 5.55. The van der Waals surface area contributed by atoms with Crippen LogP contribution in [0.15, 0.2) is 36.9 Å². The number of benzene rings is 1. The zero-order valence-corrected chi connectivity index (χ0v) is 7.04. The monoisotopic (exact) mass is 150 g/mol. The molecule has 0 saturated heterocycles. The summed E-state index contributed by atoms with van der Waals surface area (Å²) in [5, 5.41) is 8.83. The minimum absolute atomic E-state index is 0.121. The van der Waals surface area contributed by atoms with E-state index < -0.39 is 0 Å². The Kier molecular flexibility index (Phi) is 4.91. The second-order valence-corrected chi connectivity index (χ2v) is 1.81. The maximum Gasteiger partial charge on any atom is 0.115 e. The van der Waals surface area contributed by atoms with Crippen molar-refractivity contribution < 1.29 is 5.11 Å². The van der Waals surface area contributed by atoms with Crippen LogP contribution < -0.4 is 0 Å². The maximum atomic E-state index is 8.83. The Morgan fingerprint density at radius 3 is 1.91 bits per heavy atom. The fourth-order valence-electron chi connectivity index (χ4n) is 0.631. The van der Waals surface area contributed by atoms with Gasteiger partial charge >= 0.3 is 0 Å². The molecule has 1 aromatic rings. The Labute approximate surface area is 68.0 Å². The summed E-state index contributed by atoms with van der Waals surface area (Å²) in [5.74, 6) is 0.121. The summed E-state index contributed by atoms with van der Waals surface area (Å²) >= 11 is 0. The Hall–Kier alpha value is -1.24. The normalized spacial score (nSPS) is 7.82. The molecule has 1 heteroatoms. The van der Waals surface area contributed by atoms with Crippen molar-refractivity contribution >= 4 is 5.76 Å². The molecule has 60 valence electrons. The topological polar surface area (TPSA) is 20.2 Å². The number of rotatable bonds is 1. The molecular weight excluding hydrogens is 136 g/mol. The zero-order valence-electron chi connectivity index (χ0n) is 7.04. The molecule has 0 aliphatic heterocycles. The zero-order chi connectivity index (χ0) is 8.69. The molecule has 0 bridgehead atoms. The summed E-state index contributed by atoms with van der Waals surface area (Å²) in [6, 6.07) is 9.23. The van der Waals surface area contributed by atoms with Gasteiger partial charge in [-0.25, -0.2) is 0 Å². The number of hydrogen-bond donors (Lipinski definition) is 1. The molecule has 0 fully saturated rings. The lowest BCUT2D eigenvalue weighted by atomic mass is 10.2. The van der Waals surface area contributed by atoms with E-state index in [0.29, 0.717) is 0 Å². The average molecular weight is 150 g/mol. The van der Waals surface area contributed by atoms with Crippen LogP contribution in [0.25, 0.3) is 5.76 Å². The highest BCUT2D eigenvalue weighted by atomic mass is 16.3. The highest BCUT2D eigenvalue weighted by Gasteiger charge is 1.89. The summed E-state index contributed by atoms with van der Waals surface area (Å²) in [7, 11) is 0. The lowest BCUT2D eigenvalue weighted by Gasteiger charge is -1.93. The van der Waals surface area contributed by atoms with Gasteiger partial charge < -0.3 is 5.11 Å². The molecule has 1 nitrogen and oxygen atoms in total. The average Bonchev–Trinajstić information content (AvgIpc) is 2.10. The van der Waals surface area contributed by atoms with Crippen molar-refractivity contribution in [3.63, 3.8) is 0 Å². The second kappa shape index (κ2) is 5.54. The van der Waals surface area contributed by atoms with Crippen LogP contribution in [0.4, 0.5) is 0 Å². The minimum atomic E-state index is 0.121.